The van der Waals surface area contributed by atoms with Crippen molar-refractivity contribution in [3.63, 3.8) is 0 Å². The smallest absolute Gasteiger partial charge is 0.262 e. The van der Waals surface area contributed by atoms with Crippen molar-refractivity contribution in [1.29, 1.82) is 0 Å². The maximum atomic E-state index is 12.3. The molecule has 7 nitrogen and oxygen atoms in total. The van der Waals surface area contributed by atoms with Gasteiger partial charge < -0.3 is 19.9 Å². The van der Waals surface area contributed by atoms with Crippen LogP contribution in [0.25, 0.3) is 0 Å². The Balaban J connectivity index is 1.59. The predicted molar refractivity (Wildman–Crippen MR) is 106 cm³/mol. The van der Waals surface area contributed by atoms with Gasteiger partial charge in [0.25, 0.3) is 11.8 Å². The number of nitrogens with one attached hydrogen (secondary N) is 2. The van der Waals surface area contributed by atoms with Crippen LogP contribution in [-0.2, 0) is 4.79 Å². The number of rotatable bonds is 6. The second-order valence-electron chi connectivity index (χ2n) is 5.75. The second-order valence-corrected chi connectivity index (χ2v) is 6.53. The Labute approximate surface area is 170 Å². The zero-order valence-corrected chi connectivity index (χ0v) is 16.2. The van der Waals surface area contributed by atoms with Crippen molar-refractivity contribution in [2.24, 2.45) is 0 Å². The summed E-state index contributed by atoms with van der Waals surface area (Å²) in [4.78, 5) is 24.4. The van der Waals surface area contributed by atoms with Gasteiger partial charge in [-0.1, -0.05) is 40.5 Å². The highest BCUT2D eigenvalue weighted by Crippen LogP contribution is 2.31. The summed E-state index contributed by atoms with van der Waals surface area (Å²) in [5.41, 5.74) is 0.784. The SMILES string of the molecule is Cc1cc(NC(=O)c2cccc(NC(=O)COc3cccc(Cl)c3Cl)c2)no1. The molecule has 0 spiro atoms. The van der Waals surface area contributed by atoms with E-state index in [0.29, 0.717) is 33.6 Å². The number of carbonyl (C=O) groups is 2. The lowest BCUT2D eigenvalue weighted by molar-refractivity contribution is -0.118. The molecule has 0 fully saturated rings. The van der Waals surface area contributed by atoms with Crippen LogP contribution in [0.5, 0.6) is 5.75 Å². The Morgan fingerprint density at radius 3 is 2.64 bits per heavy atom. The number of amides is 2. The van der Waals surface area contributed by atoms with Crippen molar-refractivity contribution in [2.75, 3.05) is 17.2 Å². The molecule has 1 aromatic heterocycles. The summed E-state index contributed by atoms with van der Waals surface area (Å²) >= 11 is 11.9. The molecule has 0 radical (unpaired) electrons. The van der Waals surface area contributed by atoms with Gasteiger partial charge in [-0.2, -0.15) is 0 Å². The van der Waals surface area contributed by atoms with Gasteiger partial charge in [-0.05, 0) is 37.3 Å². The molecular weight excluding hydrogens is 405 g/mol. The van der Waals surface area contributed by atoms with Gasteiger partial charge >= 0.3 is 0 Å². The minimum Gasteiger partial charge on any atom is -0.482 e. The predicted octanol–water partition coefficient (Wildman–Crippen LogP) is 4.56. The first kappa shape index (κ1) is 19.7. The van der Waals surface area contributed by atoms with Gasteiger partial charge in [-0.15, -0.1) is 0 Å². The normalized spacial score (nSPS) is 10.4. The molecule has 0 aliphatic rings. The molecule has 0 bridgehead atoms. The van der Waals surface area contributed by atoms with E-state index in [-0.39, 0.29) is 17.5 Å². The van der Waals surface area contributed by atoms with Crippen molar-refractivity contribution in [2.45, 2.75) is 6.92 Å². The fourth-order valence-corrected chi connectivity index (χ4v) is 2.63. The average molecular weight is 420 g/mol. The van der Waals surface area contributed by atoms with E-state index in [1.807, 2.05) is 0 Å². The topological polar surface area (TPSA) is 93.5 Å². The monoisotopic (exact) mass is 419 g/mol. The lowest BCUT2D eigenvalue weighted by atomic mass is 10.2. The number of halogens is 2. The van der Waals surface area contributed by atoms with E-state index in [2.05, 4.69) is 15.8 Å². The van der Waals surface area contributed by atoms with Crippen LogP contribution < -0.4 is 15.4 Å². The molecule has 0 saturated heterocycles. The molecule has 0 atom stereocenters. The summed E-state index contributed by atoms with van der Waals surface area (Å²) in [6.45, 7) is 1.45. The van der Waals surface area contributed by atoms with Crippen LogP contribution in [0.4, 0.5) is 11.5 Å². The molecule has 9 heteroatoms. The van der Waals surface area contributed by atoms with Crippen LogP contribution in [0.15, 0.2) is 53.1 Å². The molecular formula is C19H15Cl2N3O4. The zero-order chi connectivity index (χ0) is 20.1. The number of ether oxygens (including phenoxy) is 1. The molecule has 0 saturated carbocycles. The fourth-order valence-electron chi connectivity index (χ4n) is 2.29. The maximum absolute atomic E-state index is 12.3. The first-order valence-electron chi connectivity index (χ1n) is 8.14. The molecule has 2 N–H and O–H groups in total. The number of benzene rings is 2. The molecule has 1 heterocycles. The molecule has 3 aromatic rings. The summed E-state index contributed by atoms with van der Waals surface area (Å²) in [6, 6.07) is 12.9. The van der Waals surface area contributed by atoms with Crippen LogP contribution in [0.3, 0.4) is 0 Å². The second kappa shape index (κ2) is 8.77. The van der Waals surface area contributed by atoms with Crippen molar-refractivity contribution in [3.8, 4) is 5.75 Å². The van der Waals surface area contributed by atoms with Gasteiger partial charge in [0.15, 0.2) is 12.4 Å². The maximum Gasteiger partial charge on any atom is 0.262 e. The van der Waals surface area contributed by atoms with Crippen LogP contribution in [0, 0.1) is 6.92 Å². The average Bonchev–Trinajstić information content (AvgIpc) is 3.08. The Morgan fingerprint density at radius 1 is 1.11 bits per heavy atom. The Morgan fingerprint density at radius 2 is 1.89 bits per heavy atom. The molecule has 2 amide bonds. The van der Waals surface area contributed by atoms with Gasteiger partial charge in [-0.25, -0.2) is 0 Å². The van der Waals surface area contributed by atoms with Gasteiger partial charge in [0, 0.05) is 17.3 Å². The van der Waals surface area contributed by atoms with Gasteiger partial charge in [0.05, 0.1) is 5.02 Å². The minimum absolute atomic E-state index is 0.235. The van der Waals surface area contributed by atoms with Crippen LogP contribution in [0.1, 0.15) is 16.1 Å². The third kappa shape index (κ3) is 5.03. The van der Waals surface area contributed by atoms with Crippen LogP contribution >= 0.6 is 23.2 Å². The van der Waals surface area contributed by atoms with Crippen molar-refractivity contribution in [3.05, 3.63) is 69.9 Å². The summed E-state index contributed by atoms with van der Waals surface area (Å²) in [5, 5.41) is 9.54. The third-order valence-corrected chi connectivity index (χ3v) is 4.35. The molecule has 0 aliphatic carbocycles. The van der Waals surface area contributed by atoms with Crippen molar-refractivity contribution in [1.82, 2.24) is 5.16 Å². The van der Waals surface area contributed by atoms with E-state index in [0.717, 1.165) is 0 Å². The van der Waals surface area contributed by atoms with E-state index in [9.17, 15) is 9.59 Å². The highest BCUT2D eigenvalue weighted by atomic mass is 35.5. The lowest BCUT2D eigenvalue weighted by Gasteiger charge is -2.10. The number of anilines is 2. The highest BCUT2D eigenvalue weighted by Gasteiger charge is 2.12. The zero-order valence-electron chi connectivity index (χ0n) is 14.7. The summed E-state index contributed by atoms with van der Waals surface area (Å²) in [6.07, 6.45) is 0. The van der Waals surface area contributed by atoms with E-state index < -0.39 is 5.91 Å². The Bertz CT molecular complexity index is 1020. The number of nitrogens with zero attached hydrogens (tertiary/aromatic N) is 1. The van der Waals surface area contributed by atoms with E-state index >= 15 is 0 Å². The van der Waals surface area contributed by atoms with Gasteiger partial charge in [0.2, 0.25) is 0 Å². The van der Waals surface area contributed by atoms with Crippen LogP contribution in [-0.4, -0.2) is 23.6 Å². The fraction of sp³-hybridized carbons (Fsp3) is 0.105. The molecule has 0 unspecified atom stereocenters. The van der Waals surface area contributed by atoms with Crippen LogP contribution in [0.2, 0.25) is 10.0 Å². The summed E-state index contributed by atoms with van der Waals surface area (Å²) in [5.74, 6) is 0.396. The molecule has 28 heavy (non-hydrogen) atoms. The van der Waals surface area contributed by atoms with Gasteiger partial charge in [-0.3, -0.25) is 9.59 Å². The summed E-state index contributed by atoms with van der Waals surface area (Å²) < 4.78 is 10.3. The lowest BCUT2D eigenvalue weighted by Crippen LogP contribution is -2.20. The minimum atomic E-state index is -0.416. The first-order valence-corrected chi connectivity index (χ1v) is 8.89. The molecule has 2 aromatic carbocycles. The van der Waals surface area contributed by atoms with E-state index in [1.165, 1.54) is 6.07 Å². The Hall–Kier alpha value is -3.03. The Kier molecular flexibility index (Phi) is 6.18. The standard InChI is InChI=1S/C19H15Cl2N3O4/c1-11-8-16(24-28-11)23-19(26)12-4-2-5-13(9-12)22-17(25)10-27-15-7-3-6-14(20)18(15)21/h2-9H,10H2,1H3,(H,22,25)(H,23,24,26). The number of carbonyl (C=O) groups excluding carboxylic acids is 2. The van der Waals surface area contributed by atoms with Crippen molar-refractivity contribution < 1.29 is 18.8 Å². The van der Waals surface area contributed by atoms with Gasteiger partial charge in [0.1, 0.15) is 16.5 Å². The molecule has 0 aliphatic heterocycles. The van der Waals surface area contributed by atoms with E-state index in [4.69, 9.17) is 32.5 Å². The molecule has 3 rings (SSSR count). The largest absolute Gasteiger partial charge is 0.482 e. The number of aryl methyl sites for hydroxylation is 1. The quantitative estimate of drug-likeness (QED) is 0.610. The number of aromatic nitrogens is 1. The number of hydrogen-bond donors (Lipinski definition) is 2. The first-order chi connectivity index (χ1) is 13.4. The van der Waals surface area contributed by atoms with E-state index in [1.54, 1.807) is 49.4 Å². The number of hydrogen-bond acceptors (Lipinski definition) is 5. The third-order valence-electron chi connectivity index (χ3n) is 3.55. The highest BCUT2D eigenvalue weighted by molar-refractivity contribution is 6.42. The summed E-state index contributed by atoms with van der Waals surface area (Å²) in [7, 11) is 0. The van der Waals surface area contributed by atoms with Crippen molar-refractivity contribution >= 4 is 46.5 Å². The molecule has 144 valence electrons.